The summed E-state index contributed by atoms with van der Waals surface area (Å²) in [6.45, 7) is 1.35. The maximum Gasteiger partial charge on any atom is 0.325 e. The minimum atomic E-state index is -1.02. The standard InChI is InChI=1S/C24H22FN5O3/c1-15-12-20(30(28-15)19-8-6-18(25)7-9-19)26-21(31)14-29-22(32)24(27-23(29)33)11-10-16-4-2-3-5-17(16)13-24/h2-9,12H,10-11,13-14H2,1H3,(H,26,31)(H,27,33). The van der Waals surface area contributed by atoms with Crippen molar-refractivity contribution in [2.45, 2.75) is 31.7 Å². The summed E-state index contributed by atoms with van der Waals surface area (Å²) >= 11 is 0. The van der Waals surface area contributed by atoms with E-state index in [4.69, 9.17) is 0 Å². The molecule has 1 saturated heterocycles. The van der Waals surface area contributed by atoms with E-state index in [1.54, 1.807) is 25.1 Å². The molecule has 0 saturated carbocycles. The number of urea groups is 1. The number of imide groups is 1. The fourth-order valence-corrected chi connectivity index (χ4v) is 4.54. The van der Waals surface area contributed by atoms with Crippen LogP contribution in [0.15, 0.2) is 54.6 Å². The van der Waals surface area contributed by atoms with Gasteiger partial charge in [-0.05, 0) is 55.2 Å². The zero-order valence-corrected chi connectivity index (χ0v) is 18.0. The van der Waals surface area contributed by atoms with E-state index in [-0.39, 0.29) is 11.7 Å². The van der Waals surface area contributed by atoms with Gasteiger partial charge >= 0.3 is 6.03 Å². The molecule has 2 aliphatic rings. The largest absolute Gasteiger partial charge is 0.325 e. The Morgan fingerprint density at radius 3 is 2.64 bits per heavy atom. The van der Waals surface area contributed by atoms with Crippen LogP contribution in [-0.2, 0) is 22.4 Å². The van der Waals surface area contributed by atoms with Crippen molar-refractivity contribution in [2.75, 3.05) is 11.9 Å². The van der Waals surface area contributed by atoms with Crippen LogP contribution in [0.1, 0.15) is 23.2 Å². The molecule has 1 fully saturated rings. The lowest BCUT2D eigenvalue weighted by Gasteiger charge is -2.32. The van der Waals surface area contributed by atoms with Crippen molar-refractivity contribution >= 4 is 23.7 Å². The first-order valence-corrected chi connectivity index (χ1v) is 10.7. The summed E-state index contributed by atoms with van der Waals surface area (Å²) in [5.74, 6) is -0.945. The molecule has 5 rings (SSSR count). The Bertz CT molecular complexity index is 1270. The number of benzene rings is 2. The van der Waals surface area contributed by atoms with Gasteiger partial charge in [0, 0.05) is 12.5 Å². The van der Waals surface area contributed by atoms with E-state index in [0.717, 1.165) is 10.5 Å². The minimum Gasteiger partial charge on any atom is -0.323 e. The van der Waals surface area contributed by atoms with E-state index in [0.29, 0.717) is 36.5 Å². The maximum atomic E-state index is 13.3. The fraction of sp³-hybridized carbons (Fsp3) is 0.250. The lowest BCUT2D eigenvalue weighted by Crippen LogP contribution is -2.51. The third kappa shape index (κ3) is 3.75. The van der Waals surface area contributed by atoms with Crippen molar-refractivity contribution in [3.05, 3.63) is 77.2 Å². The van der Waals surface area contributed by atoms with Crippen LogP contribution >= 0.6 is 0 Å². The third-order valence-corrected chi connectivity index (χ3v) is 6.15. The number of hydrogen-bond acceptors (Lipinski definition) is 4. The van der Waals surface area contributed by atoms with Crippen LogP contribution in [0, 0.1) is 12.7 Å². The number of hydrogen-bond donors (Lipinski definition) is 2. The van der Waals surface area contributed by atoms with E-state index in [2.05, 4.69) is 15.7 Å². The summed E-state index contributed by atoms with van der Waals surface area (Å²) in [4.78, 5) is 39.6. The molecule has 1 aliphatic heterocycles. The Hall–Kier alpha value is -4.01. The van der Waals surface area contributed by atoms with Crippen molar-refractivity contribution in [3.63, 3.8) is 0 Å². The molecule has 1 aliphatic carbocycles. The summed E-state index contributed by atoms with van der Waals surface area (Å²) in [5.41, 5.74) is 2.39. The first-order chi connectivity index (χ1) is 15.8. The van der Waals surface area contributed by atoms with Crippen molar-refractivity contribution in [3.8, 4) is 5.69 Å². The maximum absolute atomic E-state index is 13.3. The third-order valence-electron chi connectivity index (χ3n) is 6.15. The predicted octanol–water partition coefficient (Wildman–Crippen LogP) is 2.74. The number of nitrogens with one attached hydrogen (secondary N) is 2. The van der Waals surface area contributed by atoms with Gasteiger partial charge < -0.3 is 10.6 Å². The Morgan fingerprint density at radius 1 is 1.15 bits per heavy atom. The number of carbonyl (C=O) groups is 3. The molecule has 4 amide bonds. The van der Waals surface area contributed by atoms with Gasteiger partial charge in [-0.25, -0.2) is 13.9 Å². The zero-order valence-electron chi connectivity index (χ0n) is 18.0. The fourth-order valence-electron chi connectivity index (χ4n) is 4.54. The first-order valence-electron chi connectivity index (χ1n) is 10.7. The number of fused-ring (bicyclic) bond motifs is 1. The van der Waals surface area contributed by atoms with Crippen LogP contribution in [-0.4, -0.2) is 44.6 Å². The number of amides is 4. The number of aryl methyl sites for hydroxylation is 2. The minimum absolute atomic E-state index is 0.359. The summed E-state index contributed by atoms with van der Waals surface area (Å²) < 4.78 is 14.7. The average molecular weight is 447 g/mol. The van der Waals surface area contributed by atoms with E-state index < -0.39 is 24.0 Å². The van der Waals surface area contributed by atoms with Gasteiger partial charge in [-0.1, -0.05) is 24.3 Å². The van der Waals surface area contributed by atoms with Crippen LogP contribution in [0.5, 0.6) is 0 Å². The number of aromatic nitrogens is 2. The molecule has 2 heterocycles. The number of carbonyl (C=O) groups excluding carboxylic acids is 3. The van der Waals surface area contributed by atoms with E-state index >= 15 is 0 Å². The quantitative estimate of drug-likeness (QED) is 0.601. The molecule has 1 unspecified atom stereocenters. The molecule has 0 radical (unpaired) electrons. The molecule has 1 aromatic heterocycles. The van der Waals surface area contributed by atoms with Gasteiger partial charge in [0.25, 0.3) is 5.91 Å². The normalized spacial score (nSPS) is 19.5. The highest BCUT2D eigenvalue weighted by atomic mass is 19.1. The van der Waals surface area contributed by atoms with Crippen molar-refractivity contribution in [1.29, 1.82) is 0 Å². The molecule has 33 heavy (non-hydrogen) atoms. The molecule has 8 nitrogen and oxygen atoms in total. The molecular weight excluding hydrogens is 425 g/mol. The zero-order chi connectivity index (χ0) is 23.2. The second-order valence-corrected chi connectivity index (χ2v) is 8.46. The molecule has 0 bridgehead atoms. The van der Waals surface area contributed by atoms with Gasteiger partial charge in [-0.15, -0.1) is 0 Å². The average Bonchev–Trinajstić information content (AvgIpc) is 3.26. The molecule has 1 spiro atoms. The van der Waals surface area contributed by atoms with E-state index in [9.17, 15) is 18.8 Å². The van der Waals surface area contributed by atoms with Gasteiger partial charge in [-0.2, -0.15) is 5.10 Å². The predicted molar refractivity (Wildman–Crippen MR) is 118 cm³/mol. The smallest absolute Gasteiger partial charge is 0.323 e. The number of anilines is 1. The highest BCUT2D eigenvalue weighted by Crippen LogP contribution is 2.33. The molecule has 3 aromatic rings. The Morgan fingerprint density at radius 2 is 1.88 bits per heavy atom. The lowest BCUT2D eigenvalue weighted by atomic mass is 9.78. The molecule has 2 aromatic carbocycles. The monoisotopic (exact) mass is 447 g/mol. The Labute approximate surface area is 189 Å². The first kappa shape index (κ1) is 20.9. The van der Waals surface area contributed by atoms with Gasteiger partial charge in [0.1, 0.15) is 23.7 Å². The Kier molecular flexibility index (Phi) is 4.96. The second kappa shape index (κ2) is 7.84. The highest BCUT2D eigenvalue weighted by molar-refractivity contribution is 6.10. The van der Waals surface area contributed by atoms with Crippen molar-refractivity contribution in [1.82, 2.24) is 20.0 Å². The highest BCUT2D eigenvalue weighted by Gasteiger charge is 2.52. The van der Waals surface area contributed by atoms with E-state index in [1.807, 2.05) is 24.3 Å². The number of rotatable bonds is 4. The molecule has 9 heteroatoms. The lowest BCUT2D eigenvalue weighted by molar-refractivity contribution is -0.134. The summed E-state index contributed by atoms with van der Waals surface area (Å²) in [6, 6.07) is 14.6. The number of halogens is 1. The van der Waals surface area contributed by atoms with Crippen LogP contribution < -0.4 is 10.6 Å². The van der Waals surface area contributed by atoms with Gasteiger partial charge in [0.15, 0.2) is 0 Å². The number of nitrogens with zero attached hydrogens (tertiary/aromatic N) is 3. The molecule has 2 N–H and O–H groups in total. The van der Waals surface area contributed by atoms with E-state index in [1.165, 1.54) is 22.4 Å². The topological polar surface area (TPSA) is 96.3 Å². The van der Waals surface area contributed by atoms with Crippen LogP contribution in [0.25, 0.3) is 5.69 Å². The molecule has 1 atom stereocenters. The second-order valence-electron chi connectivity index (χ2n) is 8.46. The van der Waals surface area contributed by atoms with Gasteiger partial charge in [-0.3, -0.25) is 14.5 Å². The van der Waals surface area contributed by atoms with Crippen LogP contribution in [0.4, 0.5) is 15.0 Å². The van der Waals surface area contributed by atoms with Crippen LogP contribution in [0.3, 0.4) is 0 Å². The van der Waals surface area contributed by atoms with Crippen molar-refractivity contribution in [2.24, 2.45) is 0 Å². The SMILES string of the molecule is Cc1cc(NC(=O)CN2C(=O)NC3(CCc4ccccc4C3)C2=O)n(-c2ccc(F)cc2)n1. The summed E-state index contributed by atoms with van der Waals surface area (Å²) in [7, 11) is 0. The molecular formula is C24H22FN5O3. The molecule has 168 valence electrons. The summed E-state index contributed by atoms with van der Waals surface area (Å²) in [6.07, 6.45) is 1.57. The summed E-state index contributed by atoms with van der Waals surface area (Å²) in [5, 5.41) is 9.88. The van der Waals surface area contributed by atoms with Crippen LogP contribution in [0.2, 0.25) is 0 Å². The van der Waals surface area contributed by atoms with Gasteiger partial charge in [0.05, 0.1) is 11.4 Å². The van der Waals surface area contributed by atoms with Crippen molar-refractivity contribution < 1.29 is 18.8 Å². The Balaban J connectivity index is 1.32. The van der Waals surface area contributed by atoms with Gasteiger partial charge in [0.2, 0.25) is 5.91 Å².